The third kappa shape index (κ3) is 1.61. The fourth-order valence-corrected chi connectivity index (χ4v) is 1.51. The van der Waals surface area contributed by atoms with E-state index in [9.17, 15) is 9.18 Å². The fourth-order valence-electron chi connectivity index (χ4n) is 1.51. The molecular weight excluding hydrogens is 199 g/mol. The van der Waals surface area contributed by atoms with E-state index in [1.54, 1.807) is 0 Å². The number of carbonyl (C=O) groups excluding carboxylic acids is 1. The van der Waals surface area contributed by atoms with Crippen LogP contribution in [0.15, 0.2) is 18.2 Å². The van der Waals surface area contributed by atoms with Crippen LogP contribution in [0.3, 0.4) is 0 Å². The molecule has 1 N–H and O–H groups in total. The number of aliphatic hydroxyl groups excluding tert-OH is 1. The molecule has 0 spiro atoms. The molecule has 0 saturated heterocycles. The van der Waals surface area contributed by atoms with Gasteiger partial charge in [-0.15, -0.1) is 0 Å². The summed E-state index contributed by atoms with van der Waals surface area (Å²) in [5.41, 5.74) is 0.838. The quantitative estimate of drug-likeness (QED) is 0.765. The fraction of sp³-hybridized carbons (Fsp3) is 0.200. The molecule has 0 fully saturated rings. The number of aromatic nitrogens is 2. The van der Waals surface area contributed by atoms with E-state index in [4.69, 9.17) is 5.11 Å². The second-order valence-corrected chi connectivity index (χ2v) is 3.11. The molecule has 1 heterocycles. The normalized spacial score (nSPS) is 10.8. The van der Waals surface area contributed by atoms with E-state index in [0.29, 0.717) is 22.9 Å². The largest absolute Gasteiger partial charge is 0.394 e. The first-order chi connectivity index (χ1) is 7.26. The number of benzene rings is 1. The molecule has 4 nitrogen and oxygen atoms in total. The Morgan fingerprint density at radius 1 is 1.53 bits per heavy atom. The molecule has 1 aromatic heterocycles. The lowest BCUT2D eigenvalue weighted by Crippen LogP contribution is -2.07. The predicted octanol–water partition coefficient (Wildman–Crippen LogP) is 0.980. The van der Waals surface area contributed by atoms with Crippen molar-refractivity contribution in [3.8, 4) is 0 Å². The van der Waals surface area contributed by atoms with Crippen LogP contribution >= 0.6 is 0 Å². The number of nitrogens with zero attached hydrogens (tertiary/aromatic N) is 2. The van der Waals surface area contributed by atoms with E-state index in [0.717, 1.165) is 0 Å². The summed E-state index contributed by atoms with van der Waals surface area (Å²) < 4.78 is 14.3. The smallest absolute Gasteiger partial charge is 0.168 e. The second-order valence-electron chi connectivity index (χ2n) is 3.11. The van der Waals surface area contributed by atoms with Gasteiger partial charge in [0.1, 0.15) is 11.5 Å². The Morgan fingerprint density at radius 2 is 2.33 bits per heavy atom. The highest BCUT2D eigenvalue weighted by Gasteiger charge is 2.10. The molecule has 1 aromatic carbocycles. The zero-order valence-electron chi connectivity index (χ0n) is 7.85. The summed E-state index contributed by atoms with van der Waals surface area (Å²) >= 11 is 0. The van der Waals surface area contributed by atoms with Crippen molar-refractivity contribution in [2.75, 3.05) is 6.61 Å². The topological polar surface area (TPSA) is 55.1 Å². The molecule has 0 bridgehead atoms. The number of hydrogen-bond acceptors (Lipinski definition) is 3. The van der Waals surface area contributed by atoms with Crippen molar-refractivity contribution in [1.82, 2.24) is 9.78 Å². The zero-order valence-corrected chi connectivity index (χ0v) is 7.85. The summed E-state index contributed by atoms with van der Waals surface area (Å²) in [5.74, 6) is -0.408. The van der Waals surface area contributed by atoms with Crippen LogP contribution in [0.4, 0.5) is 4.39 Å². The van der Waals surface area contributed by atoms with Crippen LogP contribution in [-0.2, 0) is 6.54 Å². The van der Waals surface area contributed by atoms with Crippen molar-refractivity contribution in [3.63, 3.8) is 0 Å². The number of aliphatic hydroxyl groups is 1. The maximum atomic E-state index is 12.9. The summed E-state index contributed by atoms with van der Waals surface area (Å²) in [4.78, 5) is 10.8. The first-order valence-corrected chi connectivity index (χ1v) is 4.48. The van der Waals surface area contributed by atoms with Gasteiger partial charge in [0.05, 0.1) is 18.7 Å². The van der Waals surface area contributed by atoms with E-state index in [2.05, 4.69) is 5.10 Å². The first-order valence-electron chi connectivity index (χ1n) is 4.48. The third-order valence-corrected chi connectivity index (χ3v) is 2.16. The van der Waals surface area contributed by atoms with Gasteiger partial charge >= 0.3 is 0 Å². The van der Waals surface area contributed by atoms with Gasteiger partial charge in [-0.2, -0.15) is 5.10 Å². The standard InChI is InChI=1S/C10H9FN2O2/c11-7-1-2-9-8(5-7)10(6-15)13(12-9)3-4-14/h1-2,5-6,14H,3-4H2. The monoisotopic (exact) mass is 208 g/mol. The molecule has 0 aliphatic rings. The lowest BCUT2D eigenvalue weighted by atomic mass is 10.2. The highest BCUT2D eigenvalue weighted by molar-refractivity contribution is 5.95. The van der Waals surface area contributed by atoms with Gasteiger partial charge < -0.3 is 5.11 Å². The average molecular weight is 208 g/mol. The minimum Gasteiger partial charge on any atom is -0.394 e. The Bertz CT molecular complexity index is 507. The Hall–Kier alpha value is -1.75. The van der Waals surface area contributed by atoms with E-state index in [-0.39, 0.29) is 13.2 Å². The van der Waals surface area contributed by atoms with Crippen LogP contribution in [0.5, 0.6) is 0 Å². The highest BCUT2D eigenvalue weighted by atomic mass is 19.1. The summed E-state index contributed by atoms with van der Waals surface area (Å²) in [7, 11) is 0. The Morgan fingerprint density at radius 3 is 3.00 bits per heavy atom. The summed E-state index contributed by atoms with van der Waals surface area (Å²) in [6.45, 7) is 0.113. The molecule has 0 aliphatic heterocycles. The van der Waals surface area contributed by atoms with Crippen molar-refractivity contribution in [2.45, 2.75) is 6.54 Å². The number of hydrogen-bond donors (Lipinski definition) is 1. The number of fused-ring (bicyclic) bond motifs is 1. The number of carbonyl (C=O) groups is 1. The van der Waals surface area contributed by atoms with Crippen molar-refractivity contribution in [1.29, 1.82) is 0 Å². The Labute approximate surface area is 84.9 Å². The molecule has 2 rings (SSSR count). The molecule has 2 aromatic rings. The molecule has 5 heteroatoms. The van der Waals surface area contributed by atoms with Gasteiger partial charge in [0.2, 0.25) is 0 Å². The van der Waals surface area contributed by atoms with Crippen molar-refractivity contribution < 1.29 is 14.3 Å². The van der Waals surface area contributed by atoms with Crippen LogP contribution in [-0.4, -0.2) is 27.8 Å². The molecule has 78 valence electrons. The summed E-state index contributed by atoms with van der Waals surface area (Å²) in [5, 5.41) is 13.3. The maximum absolute atomic E-state index is 12.9. The maximum Gasteiger partial charge on any atom is 0.168 e. The third-order valence-electron chi connectivity index (χ3n) is 2.16. The second kappa shape index (κ2) is 3.78. The van der Waals surface area contributed by atoms with Crippen molar-refractivity contribution in [2.24, 2.45) is 0 Å². The van der Waals surface area contributed by atoms with Gasteiger partial charge in [-0.1, -0.05) is 0 Å². The van der Waals surface area contributed by atoms with E-state index >= 15 is 0 Å². The Balaban J connectivity index is 2.68. The van der Waals surface area contributed by atoms with Gasteiger partial charge in [-0.25, -0.2) is 4.39 Å². The molecule has 0 amide bonds. The minimum atomic E-state index is -0.408. The Kier molecular flexibility index (Phi) is 2.47. The van der Waals surface area contributed by atoms with Gasteiger partial charge in [0, 0.05) is 5.39 Å². The molecule has 0 radical (unpaired) electrons. The van der Waals surface area contributed by atoms with Crippen LogP contribution in [0, 0.1) is 5.82 Å². The summed E-state index contributed by atoms with van der Waals surface area (Å²) in [6, 6.07) is 4.05. The molecular formula is C10H9FN2O2. The van der Waals surface area contributed by atoms with E-state index in [1.807, 2.05) is 0 Å². The lowest BCUT2D eigenvalue weighted by Gasteiger charge is -1.98. The SMILES string of the molecule is O=Cc1c2cc(F)ccc2nn1CCO. The molecule has 0 saturated carbocycles. The van der Waals surface area contributed by atoms with Gasteiger partial charge in [0.25, 0.3) is 0 Å². The molecule has 0 aliphatic carbocycles. The first kappa shape index (κ1) is 9.79. The molecule has 0 unspecified atom stereocenters. The van der Waals surface area contributed by atoms with E-state index in [1.165, 1.54) is 22.9 Å². The molecule has 0 atom stereocenters. The summed E-state index contributed by atoms with van der Waals surface area (Å²) in [6.07, 6.45) is 0.616. The predicted molar refractivity (Wildman–Crippen MR) is 52.2 cm³/mol. The zero-order chi connectivity index (χ0) is 10.8. The van der Waals surface area contributed by atoms with E-state index < -0.39 is 5.82 Å². The van der Waals surface area contributed by atoms with Gasteiger partial charge in [-0.05, 0) is 18.2 Å². The van der Waals surface area contributed by atoms with Gasteiger partial charge in [0.15, 0.2) is 6.29 Å². The highest BCUT2D eigenvalue weighted by Crippen LogP contribution is 2.18. The van der Waals surface area contributed by atoms with Crippen LogP contribution in [0.1, 0.15) is 10.5 Å². The number of halogens is 1. The average Bonchev–Trinajstić information content (AvgIpc) is 2.55. The van der Waals surface area contributed by atoms with Crippen molar-refractivity contribution in [3.05, 3.63) is 29.7 Å². The van der Waals surface area contributed by atoms with Crippen LogP contribution in [0.2, 0.25) is 0 Å². The minimum absolute atomic E-state index is 0.114. The van der Waals surface area contributed by atoms with Crippen LogP contribution in [0.25, 0.3) is 10.9 Å². The number of aldehydes is 1. The molecule has 15 heavy (non-hydrogen) atoms. The van der Waals surface area contributed by atoms with Gasteiger partial charge in [-0.3, -0.25) is 9.48 Å². The van der Waals surface area contributed by atoms with Crippen LogP contribution < -0.4 is 0 Å². The lowest BCUT2D eigenvalue weighted by molar-refractivity contribution is 0.111. The van der Waals surface area contributed by atoms with Crippen molar-refractivity contribution >= 4 is 17.2 Å². The number of rotatable bonds is 3.